The molecule has 1 aromatic rings. The molecule has 1 amide bonds. The van der Waals surface area contributed by atoms with E-state index in [1.165, 1.54) is 0 Å². The zero-order chi connectivity index (χ0) is 14.8. The van der Waals surface area contributed by atoms with E-state index in [4.69, 9.17) is 21.1 Å². The third-order valence-corrected chi connectivity index (χ3v) is 2.90. The molecular formula is C15H22ClNO3. The monoisotopic (exact) mass is 299 g/mol. The summed E-state index contributed by atoms with van der Waals surface area (Å²) in [6.07, 6.45) is 1.15. The summed E-state index contributed by atoms with van der Waals surface area (Å²) in [5.74, 6) is 1.95. The van der Waals surface area contributed by atoms with Gasteiger partial charge in [0.2, 0.25) is 5.91 Å². The van der Waals surface area contributed by atoms with Gasteiger partial charge in [-0.2, -0.15) is 0 Å². The van der Waals surface area contributed by atoms with Crippen LogP contribution in [0.25, 0.3) is 0 Å². The van der Waals surface area contributed by atoms with Gasteiger partial charge >= 0.3 is 0 Å². The Labute approximate surface area is 125 Å². The minimum absolute atomic E-state index is 0.0116. The van der Waals surface area contributed by atoms with Crippen molar-refractivity contribution in [3.05, 3.63) is 23.8 Å². The number of alkyl halides is 1. The highest BCUT2D eigenvalue weighted by Crippen LogP contribution is 2.28. The summed E-state index contributed by atoms with van der Waals surface area (Å²) in [6.45, 7) is 5.50. The van der Waals surface area contributed by atoms with Crippen LogP contribution < -0.4 is 14.8 Å². The molecule has 1 rings (SSSR count). The molecule has 0 spiro atoms. The lowest BCUT2D eigenvalue weighted by atomic mass is 10.2. The Morgan fingerprint density at radius 1 is 1.20 bits per heavy atom. The van der Waals surface area contributed by atoms with Crippen LogP contribution in [-0.2, 0) is 11.3 Å². The zero-order valence-corrected chi connectivity index (χ0v) is 12.8. The number of rotatable bonds is 9. The molecule has 0 aliphatic heterocycles. The van der Waals surface area contributed by atoms with Crippen LogP contribution in [0.4, 0.5) is 0 Å². The average molecular weight is 300 g/mol. The Kier molecular flexibility index (Phi) is 7.88. The molecule has 0 fully saturated rings. The van der Waals surface area contributed by atoms with E-state index < -0.39 is 0 Å². The van der Waals surface area contributed by atoms with Crippen molar-refractivity contribution in [3.8, 4) is 11.5 Å². The van der Waals surface area contributed by atoms with Crippen molar-refractivity contribution < 1.29 is 14.3 Å². The van der Waals surface area contributed by atoms with Crippen molar-refractivity contribution in [1.82, 2.24) is 5.32 Å². The first-order chi connectivity index (χ1) is 9.71. The predicted octanol–water partition coefficient (Wildman–Crippen LogP) is 3.12. The molecule has 0 radical (unpaired) electrons. The van der Waals surface area contributed by atoms with Crippen molar-refractivity contribution in [2.45, 2.75) is 33.2 Å². The van der Waals surface area contributed by atoms with Gasteiger partial charge in [0.15, 0.2) is 11.5 Å². The highest BCUT2D eigenvalue weighted by atomic mass is 35.5. The van der Waals surface area contributed by atoms with Gasteiger partial charge in [-0.15, -0.1) is 11.6 Å². The molecule has 0 aromatic heterocycles. The van der Waals surface area contributed by atoms with Crippen LogP contribution in [0.3, 0.4) is 0 Å². The lowest BCUT2D eigenvalue weighted by Crippen LogP contribution is -2.22. The highest BCUT2D eigenvalue weighted by molar-refractivity contribution is 6.17. The van der Waals surface area contributed by atoms with Crippen LogP contribution >= 0.6 is 11.6 Å². The van der Waals surface area contributed by atoms with E-state index in [0.29, 0.717) is 44.2 Å². The summed E-state index contributed by atoms with van der Waals surface area (Å²) in [5.41, 5.74) is 0.983. The van der Waals surface area contributed by atoms with E-state index in [0.717, 1.165) is 11.3 Å². The van der Waals surface area contributed by atoms with Crippen LogP contribution in [0.15, 0.2) is 18.2 Å². The van der Waals surface area contributed by atoms with Gasteiger partial charge in [0.05, 0.1) is 13.2 Å². The number of benzene rings is 1. The minimum atomic E-state index is 0.0116. The molecule has 0 atom stereocenters. The molecule has 0 saturated carbocycles. The van der Waals surface area contributed by atoms with Gasteiger partial charge in [0.1, 0.15) is 0 Å². The third kappa shape index (κ3) is 5.70. The normalized spacial score (nSPS) is 10.2. The molecule has 0 unspecified atom stereocenters. The number of hydrogen-bond donors (Lipinski definition) is 1. The first kappa shape index (κ1) is 16.6. The molecule has 0 aliphatic carbocycles. The second kappa shape index (κ2) is 9.48. The van der Waals surface area contributed by atoms with Crippen molar-refractivity contribution in [1.29, 1.82) is 0 Å². The number of halogens is 1. The third-order valence-electron chi connectivity index (χ3n) is 2.63. The fourth-order valence-electron chi connectivity index (χ4n) is 1.72. The van der Waals surface area contributed by atoms with E-state index in [9.17, 15) is 4.79 Å². The number of carbonyl (C=O) groups is 1. The quantitative estimate of drug-likeness (QED) is 0.713. The number of amides is 1. The maximum atomic E-state index is 11.5. The summed E-state index contributed by atoms with van der Waals surface area (Å²) in [5, 5.41) is 2.86. The molecule has 20 heavy (non-hydrogen) atoms. The smallest absolute Gasteiger partial charge is 0.220 e. The lowest BCUT2D eigenvalue weighted by Gasteiger charge is -2.12. The van der Waals surface area contributed by atoms with Gasteiger partial charge in [0.25, 0.3) is 0 Å². The van der Waals surface area contributed by atoms with Crippen molar-refractivity contribution in [2.75, 3.05) is 19.1 Å². The van der Waals surface area contributed by atoms with E-state index in [1.54, 1.807) is 0 Å². The van der Waals surface area contributed by atoms with Gasteiger partial charge in [0, 0.05) is 18.8 Å². The Hall–Kier alpha value is -1.42. The van der Waals surface area contributed by atoms with Crippen LogP contribution in [0.2, 0.25) is 0 Å². The van der Waals surface area contributed by atoms with E-state index in [1.807, 2.05) is 32.0 Å². The predicted molar refractivity (Wildman–Crippen MR) is 80.6 cm³/mol. The number of nitrogens with one attached hydrogen (secondary N) is 1. The second-order valence-corrected chi connectivity index (χ2v) is 4.59. The molecule has 5 heteroatoms. The number of carbonyl (C=O) groups excluding carboxylic acids is 1. The van der Waals surface area contributed by atoms with Crippen LogP contribution in [-0.4, -0.2) is 25.0 Å². The Morgan fingerprint density at radius 3 is 2.55 bits per heavy atom. The maximum Gasteiger partial charge on any atom is 0.220 e. The van der Waals surface area contributed by atoms with Crippen molar-refractivity contribution >= 4 is 17.5 Å². The van der Waals surface area contributed by atoms with Gasteiger partial charge in [-0.1, -0.05) is 6.07 Å². The lowest BCUT2D eigenvalue weighted by molar-refractivity contribution is -0.121. The average Bonchev–Trinajstić information content (AvgIpc) is 2.45. The largest absolute Gasteiger partial charge is 0.490 e. The second-order valence-electron chi connectivity index (χ2n) is 4.22. The zero-order valence-electron chi connectivity index (χ0n) is 12.1. The van der Waals surface area contributed by atoms with Crippen molar-refractivity contribution in [2.24, 2.45) is 0 Å². The Balaban J connectivity index is 2.62. The molecule has 0 heterocycles. The summed E-state index contributed by atoms with van der Waals surface area (Å²) in [4.78, 5) is 11.5. The fraction of sp³-hybridized carbons (Fsp3) is 0.533. The van der Waals surface area contributed by atoms with E-state index >= 15 is 0 Å². The SMILES string of the molecule is CCOc1ccc(CNC(=O)CCCCl)cc1OCC. The standard InChI is InChI=1S/C15H22ClNO3/c1-3-19-13-8-7-12(10-14(13)20-4-2)11-17-15(18)6-5-9-16/h7-8,10H,3-6,9,11H2,1-2H3,(H,17,18). The molecule has 112 valence electrons. The van der Waals surface area contributed by atoms with Gasteiger partial charge in [-0.25, -0.2) is 0 Å². The summed E-state index contributed by atoms with van der Waals surface area (Å²) in [7, 11) is 0. The van der Waals surface area contributed by atoms with Gasteiger partial charge in [-0.3, -0.25) is 4.79 Å². The molecule has 0 bridgehead atoms. The van der Waals surface area contributed by atoms with Crippen LogP contribution in [0.5, 0.6) is 11.5 Å². The molecule has 1 aromatic carbocycles. The molecule has 0 aliphatic rings. The van der Waals surface area contributed by atoms with E-state index in [2.05, 4.69) is 5.32 Å². The first-order valence-corrected chi connectivity index (χ1v) is 7.45. The van der Waals surface area contributed by atoms with Gasteiger partial charge < -0.3 is 14.8 Å². The first-order valence-electron chi connectivity index (χ1n) is 6.92. The highest BCUT2D eigenvalue weighted by Gasteiger charge is 2.07. The number of ether oxygens (including phenoxy) is 2. The minimum Gasteiger partial charge on any atom is -0.490 e. The topological polar surface area (TPSA) is 47.6 Å². The van der Waals surface area contributed by atoms with E-state index in [-0.39, 0.29) is 5.91 Å². The molecule has 1 N–H and O–H groups in total. The Bertz CT molecular complexity index is 424. The number of hydrogen-bond acceptors (Lipinski definition) is 3. The van der Waals surface area contributed by atoms with Gasteiger partial charge in [-0.05, 0) is 38.0 Å². The fourth-order valence-corrected chi connectivity index (χ4v) is 1.86. The summed E-state index contributed by atoms with van der Waals surface area (Å²) < 4.78 is 11.0. The Morgan fingerprint density at radius 2 is 1.90 bits per heavy atom. The molecular weight excluding hydrogens is 278 g/mol. The van der Waals surface area contributed by atoms with Crippen LogP contribution in [0.1, 0.15) is 32.3 Å². The van der Waals surface area contributed by atoms with Crippen LogP contribution in [0, 0.1) is 0 Å². The summed E-state index contributed by atoms with van der Waals surface area (Å²) in [6, 6.07) is 5.69. The maximum absolute atomic E-state index is 11.5. The molecule has 4 nitrogen and oxygen atoms in total. The molecule has 0 saturated heterocycles. The van der Waals surface area contributed by atoms with Crippen molar-refractivity contribution in [3.63, 3.8) is 0 Å². The summed E-state index contributed by atoms with van der Waals surface area (Å²) >= 11 is 5.55.